The number of carbonyl (C=O) groups excluding carboxylic acids is 1. The molecule has 1 fully saturated rings. The molecule has 1 saturated heterocycles. The summed E-state index contributed by atoms with van der Waals surface area (Å²) in [6.07, 6.45) is 0.916. The van der Waals surface area contributed by atoms with Crippen molar-refractivity contribution in [3.05, 3.63) is 35.9 Å². The van der Waals surface area contributed by atoms with Crippen molar-refractivity contribution in [3.8, 4) is 0 Å². The Morgan fingerprint density at radius 3 is 2.74 bits per heavy atom. The quantitative estimate of drug-likeness (QED) is 0.512. The van der Waals surface area contributed by atoms with E-state index in [9.17, 15) is 4.79 Å². The lowest BCUT2D eigenvalue weighted by Crippen LogP contribution is -2.40. The Labute approximate surface area is 138 Å². The van der Waals surface area contributed by atoms with Crippen LogP contribution in [0.25, 0.3) is 0 Å². The van der Waals surface area contributed by atoms with Gasteiger partial charge in [0.1, 0.15) is 0 Å². The summed E-state index contributed by atoms with van der Waals surface area (Å²) in [6.45, 7) is 7.21. The van der Waals surface area contributed by atoms with Crippen molar-refractivity contribution in [1.29, 1.82) is 0 Å². The maximum absolute atomic E-state index is 11.8. The van der Waals surface area contributed by atoms with Crippen molar-refractivity contribution in [2.45, 2.75) is 20.3 Å². The monoisotopic (exact) mass is 317 g/mol. The summed E-state index contributed by atoms with van der Waals surface area (Å²) >= 11 is 0. The van der Waals surface area contributed by atoms with Crippen molar-refractivity contribution >= 4 is 11.9 Å². The van der Waals surface area contributed by atoms with Crippen molar-refractivity contribution < 1.29 is 9.53 Å². The van der Waals surface area contributed by atoms with E-state index in [4.69, 9.17) is 9.73 Å². The van der Waals surface area contributed by atoms with Gasteiger partial charge in [0, 0.05) is 26.2 Å². The number of hydrogen-bond acceptors (Lipinski definition) is 3. The maximum atomic E-state index is 11.8. The largest absolute Gasteiger partial charge is 0.469 e. The van der Waals surface area contributed by atoms with Gasteiger partial charge >= 0.3 is 5.97 Å². The van der Waals surface area contributed by atoms with Crippen molar-refractivity contribution in [2.75, 3.05) is 33.3 Å². The highest BCUT2D eigenvalue weighted by atomic mass is 16.5. The van der Waals surface area contributed by atoms with Crippen molar-refractivity contribution in [3.63, 3.8) is 0 Å². The molecule has 0 saturated carbocycles. The van der Waals surface area contributed by atoms with Gasteiger partial charge < -0.3 is 15.0 Å². The Morgan fingerprint density at radius 1 is 1.35 bits per heavy atom. The van der Waals surface area contributed by atoms with Crippen LogP contribution in [0.3, 0.4) is 0 Å². The number of nitrogens with zero attached hydrogens (tertiary/aromatic N) is 2. The van der Waals surface area contributed by atoms with E-state index in [0.29, 0.717) is 6.54 Å². The molecule has 0 amide bonds. The predicted molar refractivity (Wildman–Crippen MR) is 92.4 cm³/mol. The van der Waals surface area contributed by atoms with E-state index in [1.54, 1.807) is 0 Å². The third-order valence-electron chi connectivity index (χ3n) is 4.26. The Kier molecular flexibility index (Phi) is 6.44. The molecule has 5 heteroatoms. The topological polar surface area (TPSA) is 53.9 Å². The molecule has 0 radical (unpaired) electrons. The van der Waals surface area contributed by atoms with Gasteiger partial charge in [0.05, 0.1) is 13.0 Å². The fourth-order valence-electron chi connectivity index (χ4n) is 2.96. The molecule has 2 unspecified atom stereocenters. The van der Waals surface area contributed by atoms with Crippen LogP contribution in [-0.2, 0) is 16.0 Å². The molecular weight excluding hydrogens is 290 g/mol. The fourth-order valence-corrected chi connectivity index (χ4v) is 2.96. The Bertz CT molecular complexity index is 530. The van der Waals surface area contributed by atoms with E-state index in [-0.39, 0.29) is 17.8 Å². The molecule has 126 valence electrons. The molecule has 1 aromatic rings. The number of ether oxygens (including phenoxy) is 1. The lowest BCUT2D eigenvalue weighted by atomic mass is 9.99. The molecule has 5 nitrogen and oxygen atoms in total. The molecular formula is C18H27N3O2. The number of hydrogen-bond donors (Lipinski definition) is 1. The number of methoxy groups -OCH3 is 1. The van der Waals surface area contributed by atoms with E-state index in [1.807, 2.05) is 18.2 Å². The van der Waals surface area contributed by atoms with Crippen LogP contribution in [0, 0.1) is 11.8 Å². The highest BCUT2D eigenvalue weighted by molar-refractivity contribution is 5.82. The molecule has 2 atom stereocenters. The van der Waals surface area contributed by atoms with Gasteiger partial charge in [0.15, 0.2) is 5.96 Å². The van der Waals surface area contributed by atoms with Gasteiger partial charge in [-0.25, -0.2) is 0 Å². The minimum Gasteiger partial charge on any atom is -0.469 e. The van der Waals surface area contributed by atoms with Crippen molar-refractivity contribution in [2.24, 2.45) is 16.8 Å². The van der Waals surface area contributed by atoms with Crippen LogP contribution in [0.15, 0.2) is 35.3 Å². The van der Waals surface area contributed by atoms with Crippen LogP contribution in [0.2, 0.25) is 0 Å². The minimum atomic E-state index is -0.125. The molecule has 1 aliphatic heterocycles. The first-order valence-electron chi connectivity index (χ1n) is 8.30. The molecule has 1 aliphatic rings. The van der Waals surface area contributed by atoms with Gasteiger partial charge in [-0.15, -0.1) is 0 Å². The smallest absolute Gasteiger partial charge is 0.310 e. The first-order chi connectivity index (χ1) is 11.2. The summed E-state index contributed by atoms with van der Waals surface area (Å²) in [5, 5.41) is 3.33. The van der Waals surface area contributed by atoms with Crippen LogP contribution in [0.5, 0.6) is 0 Å². The molecule has 1 aromatic carbocycles. The number of esters is 1. The Morgan fingerprint density at radius 2 is 2.09 bits per heavy atom. The molecule has 2 rings (SSSR count). The fraction of sp³-hybridized carbons (Fsp3) is 0.556. The summed E-state index contributed by atoms with van der Waals surface area (Å²) in [4.78, 5) is 18.7. The molecule has 0 aliphatic carbocycles. The molecule has 0 aromatic heterocycles. The van der Waals surface area contributed by atoms with E-state index < -0.39 is 0 Å². The number of nitrogens with one attached hydrogen (secondary N) is 1. The van der Waals surface area contributed by atoms with E-state index >= 15 is 0 Å². The Hall–Kier alpha value is -2.04. The second-order valence-electron chi connectivity index (χ2n) is 5.98. The molecule has 0 spiro atoms. The predicted octanol–water partition coefficient (Wildman–Crippen LogP) is 1.94. The van der Waals surface area contributed by atoms with Gasteiger partial charge in [-0.05, 0) is 24.8 Å². The van der Waals surface area contributed by atoms with E-state index in [0.717, 1.165) is 32.0 Å². The highest BCUT2D eigenvalue weighted by Crippen LogP contribution is 2.24. The van der Waals surface area contributed by atoms with Gasteiger partial charge in [-0.1, -0.05) is 37.3 Å². The first-order valence-corrected chi connectivity index (χ1v) is 8.30. The van der Waals surface area contributed by atoms with Gasteiger partial charge in [0.2, 0.25) is 0 Å². The Balaban J connectivity index is 1.98. The minimum absolute atomic E-state index is 0.0713. The van der Waals surface area contributed by atoms with Crippen LogP contribution >= 0.6 is 0 Å². The lowest BCUT2D eigenvalue weighted by molar-refractivity contribution is -0.145. The summed E-state index contributed by atoms with van der Waals surface area (Å²) in [5.41, 5.74) is 1.29. The van der Waals surface area contributed by atoms with Gasteiger partial charge in [0.25, 0.3) is 0 Å². The van der Waals surface area contributed by atoms with Crippen molar-refractivity contribution in [1.82, 2.24) is 10.2 Å². The average Bonchev–Trinajstić information content (AvgIpc) is 2.96. The summed E-state index contributed by atoms with van der Waals surface area (Å²) < 4.78 is 4.91. The zero-order valence-corrected chi connectivity index (χ0v) is 14.3. The zero-order valence-electron chi connectivity index (χ0n) is 14.3. The molecule has 0 bridgehead atoms. The second kappa shape index (κ2) is 8.56. The number of benzene rings is 1. The van der Waals surface area contributed by atoms with Crippen LogP contribution in [0.4, 0.5) is 0 Å². The summed E-state index contributed by atoms with van der Waals surface area (Å²) in [5.74, 6) is 0.972. The third kappa shape index (κ3) is 4.71. The number of carbonyl (C=O) groups is 1. The summed E-state index contributed by atoms with van der Waals surface area (Å²) in [7, 11) is 1.46. The first kappa shape index (κ1) is 17.3. The third-order valence-corrected chi connectivity index (χ3v) is 4.26. The number of aliphatic imine (C=N–C) groups is 1. The summed E-state index contributed by atoms with van der Waals surface area (Å²) in [6, 6.07) is 10.4. The maximum Gasteiger partial charge on any atom is 0.310 e. The van der Waals surface area contributed by atoms with Crippen LogP contribution in [-0.4, -0.2) is 50.1 Å². The van der Waals surface area contributed by atoms with E-state index in [1.165, 1.54) is 12.7 Å². The SMILES string of the molecule is CCNC(=NCCc1ccccc1)N1CC(C)C(C(=O)OC)C1. The lowest BCUT2D eigenvalue weighted by Gasteiger charge is -2.21. The van der Waals surface area contributed by atoms with Gasteiger partial charge in [-0.2, -0.15) is 0 Å². The van der Waals surface area contributed by atoms with Crippen LogP contribution < -0.4 is 5.32 Å². The molecule has 1 N–H and O–H groups in total. The number of likely N-dealkylation sites (tertiary alicyclic amines) is 1. The van der Waals surface area contributed by atoms with Crippen LogP contribution in [0.1, 0.15) is 19.4 Å². The zero-order chi connectivity index (χ0) is 16.7. The molecule has 1 heterocycles. The second-order valence-corrected chi connectivity index (χ2v) is 5.98. The molecule has 23 heavy (non-hydrogen) atoms. The van der Waals surface area contributed by atoms with E-state index in [2.05, 4.69) is 36.2 Å². The normalized spacial score (nSPS) is 21.3. The number of rotatable bonds is 5. The van der Waals surface area contributed by atoms with Gasteiger partial charge in [-0.3, -0.25) is 9.79 Å². The standard InChI is InChI=1S/C18H27N3O2/c1-4-19-18(20-11-10-15-8-6-5-7-9-15)21-12-14(2)16(13-21)17(22)23-3/h5-9,14,16H,4,10-13H2,1-3H3,(H,19,20). The average molecular weight is 317 g/mol. The highest BCUT2D eigenvalue weighted by Gasteiger charge is 2.36. The number of guanidine groups is 1.